The highest BCUT2D eigenvalue weighted by atomic mass is 16.5. The van der Waals surface area contributed by atoms with Gasteiger partial charge in [0.1, 0.15) is 13.2 Å². The standard InChI is InChI=1S/C33H37N3O6/c1-2-34-26(39)17-41-16-21(37)12-20-4-3-5-22-23-14-33(40)25-13-19-8-9-24(38)30-27(19)32(33,10-11-36(25)15-18-6-7-18)31(42-30)29(23)35-28(20)22/h3-5,8-9,18,25,31,35,38,40H,2,6-7,10-17H2,1H3,(H,34,39)/t25?,31-,32-,33?/m0/s1. The van der Waals surface area contributed by atoms with Crippen molar-refractivity contribution in [2.75, 3.05) is 32.8 Å². The van der Waals surface area contributed by atoms with Crippen molar-refractivity contribution in [3.8, 4) is 11.5 Å². The topological polar surface area (TPSA) is 124 Å². The first-order valence-electron chi connectivity index (χ1n) is 15.3. The van der Waals surface area contributed by atoms with Crippen molar-refractivity contribution in [3.05, 3.63) is 58.3 Å². The van der Waals surface area contributed by atoms with Crippen molar-refractivity contribution < 1.29 is 29.3 Å². The van der Waals surface area contributed by atoms with Gasteiger partial charge >= 0.3 is 0 Å². The molecule has 0 radical (unpaired) electrons. The number of hydrogen-bond acceptors (Lipinski definition) is 7. The van der Waals surface area contributed by atoms with E-state index in [9.17, 15) is 19.8 Å². The molecule has 2 bridgehead atoms. The zero-order valence-electron chi connectivity index (χ0n) is 23.9. The Hall–Kier alpha value is -3.40. The van der Waals surface area contributed by atoms with Crippen LogP contribution in [0.4, 0.5) is 0 Å². The summed E-state index contributed by atoms with van der Waals surface area (Å²) in [4.78, 5) is 30.7. The summed E-state index contributed by atoms with van der Waals surface area (Å²) in [6.45, 7) is 3.98. The Bertz CT molecular complexity index is 1630. The Balaban J connectivity index is 1.19. The van der Waals surface area contributed by atoms with Gasteiger partial charge in [0.2, 0.25) is 5.91 Å². The first-order chi connectivity index (χ1) is 20.3. The SMILES string of the molecule is CCNC(=O)COCC(=O)Cc1cccc2c3c([nH]c12)[C@@H]1Oc2c(O)ccc4c2[C@@]12CCN(CC1CC1)C(C4)C2(O)C3. The summed E-state index contributed by atoms with van der Waals surface area (Å²) in [6, 6.07) is 9.67. The molecule has 3 heterocycles. The lowest BCUT2D eigenvalue weighted by atomic mass is 9.49. The average Bonchev–Trinajstić information content (AvgIpc) is 3.59. The van der Waals surface area contributed by atoms with E-state index in [0.29, 0.717) is 24.6 Å². The Morgan fingerprint density at radius 2 is 2.07 bits per heavy atom. The molecule has 4 atom stereocenters. The van der Waals surface area contributed by atoms with Crippen LogP contribution in [0.15, 0.2) is 30.3 Å². The van der Waals surface area contributed by atoms with E-state index in [1.807, 2.05) is 25.1 Å². The molecular formula is C33H37N3O6. The van der Waals surface area contributed by atoms with E-state index < -0.39 is 17.1 Å². The van der Waals surface area contributed by atoms with Gasteiger partial charge in [-0.2, -0.15) is 0 Å². The smallest absolute Gasteiger partial charge is 0.246 e. The van der Waals surface area contributed by atoms with Gasteiger partial charge in [-0.1, -0.05) is 24.3 Å². The lowest BCUT2D eigenvalue weighted by Gasteiger charge is -2.62. The van der Waals surface area contributed by atoms with E-state index in [1.54, 1.807) is 6.07 Å². The number of carbonyl (C=O) groups excluding carboxylic acids is 2. The molecule has 1 aromatic heterocycles. The molecule has 1 amide bonds. The second-order valence-electron chi connectivity index (χ2n) is 12.9. The van der Waals surface area contributed by atoms with E-state index in [-0.39, 0.29) is 43.1 Å². The number of carbonyl (C=O) groups is 2. The number of nitrogens with zero attached hydrogens (tertiary/aromatic N) is 1. The summed E-state index contributed by atoms with van der Waals surface area (Å²) in [7, 11) is 0. The Labute approximate surface area is 244 Å². The maximum atomic E-state index is 13.0. The van der Waals surface area contributed by atoms with Crippen molar-refractivity contribution in [2.45, 2.75) is 68.6 Å². The van der Waals surface area contributed by atoms with E-state index in [4.69, 9.17) is 9.47 Å². The van der Waals surface area contributed by atoms with Gasteiger partial charge in [-0.3, -0.25) is 14.5 Å². The Kier molecular flexibility index (Phi) is 5.81. The molecule has 42 heavy (non-hydrogen) atoms. The van der Waals surface area contributed by atoms with Crippen molar-refractivity contribution >= 4 is 22.6 Å². The number of aromatic hydroxyl groups is 1. The molecule has 9 heteroatoms. The fraction of sp³-hybridized carbons (Fsp3) is 0.515. The van der Waals surface area contributed by atoms with E-state index in [2.05, 4.69) is 21.3 Å². The molecule has 3 aromatic rings. The maximum Gasteiger partial charge on any atom is 0.246 e. The van der Waals surface area contributed by atoms with Crippen LogP contribution in [0.2, 0.25) is 0 Å². The number of likely N-dealkylation sites (tertiary alicyclic amines) is 1. The molecule has 2 unspecified atom stereocenters. The number of fused-ring (bicyclic) bond motifs is 4. The van der Waals surface area contributed by atoms with Crippen LogP contribution in [0.5, 0.6) is 11.5 Å². The number of phenolic OH excluding ortho intramolecular Hbond substituents is 1. The number of para-hydroxylation sites is 1. The van der Waals surface area contributed by atoms with Gasteiger partial charge in [0, 0.05) is 48.4 Å². The number of aliphatic hydroxyl groups is 1. The zero-order chi connectivity index (χ0) is 28.8. The minimum absolute atomic E-state index is 0.0362. The molecule has 2 aliphatic heterocycles. The second-order valence-corrected chi connectivity index (χ2v) is 12.9. The lowest BCUT2D eigenvalue weighted by molar-refractivity contribution is -0.173. The minimum Gasteiger partial charge on any atom is -0.504 e. The minimum atomic E-state index is -1.06. The van der Waals surface area contributed by atoms with Crippen LogP contribution in [0.3, 0.4) is 0 Å². The zero-order valence-corrected chi connectivity index (χ0v) is 23.9. The number of Topliss-reactive ketones (excluding diaryl/α,β-unsaturated/α-hetero) is 1. The highest BCUT2D eigenvalue weighted by molar-refractivity contribution is 5.93. The highest BCUT2D eigenvalue weighted by Gasteiger charge is 2.72. The van der Waals surface area contributed by atoms with Gasteiger partial charge in [-0.15, -0.1) is 0 Å². The third kappa shape index (κ3) is 3.59. The number of H-pyrrole nitrogens is 1. The summed E-state index contributed by atoms with van der Waals surface area (Å²) in [5, 5.41) is 27.6. The molecule has 9 nitrogen and oxygen atoms in total. The highest BCUT2D eigenvalue weighted by Crippen LogP contribution is 2.69. The van der Waals surface area contributed by atoms with Gasteiger partial charge < -0.3 is 30.0 Å². The predicted octanol–water partition coefficient (Wildman–Crippen LogP) is 2.84. The third-order valence-electron chi connectivity index (χ3n) is 10.5. The number of piperidine rings is 1. The van der Waals surface area contributed by atoms with Gasteiger partial charge in [0.25, 0.3) is 0 Å². The van der Waals surface area contributed by atoms with E-state index in [1.165, 1.54) is 18.4 Å². The average molecular weight is 572 g/mol. The van der Waals surface area contributed by atoms with Crippen LogP contribution in [0.25, 0.3) is 10.9 Å². The van der Waals surface area contributed by atoms with Crippen LogP contribution in [0, 0.1) is 5.92 Å². The summed E-state index contributed by atoms with van der Waals surface area (Å²) >= 11 is 0. The number of aromatic nitrogens is 1. The summed E-state index contributed by atoms with van der Waals surface area (Å²) in [5.74, 6) is 0.991. The number of hydrogen-bond donors (Lipinski definition) is 4. The summed E-state index contributed by atoms with van der Waals surface area (Å²) in [5.41, 5.74) is 4.11. The molecule has 5 aliphatic rings. The predicted molar refractivity (Wildman–Crippen MR) is 155 cm³/mol. The van der Waals surface area contributed by atoms with Gasteiger partial charge in [-0.05, 0) is 67.8 Å². The van der Waals surface area contributed by atoms with Crippen LogP contribution in [0.1, 0.15) is 60.2 Å². The number of rotatable bonds is 9. The van der Waals surface area contributed by atoms with Gasteiger partial charge in [0.15, 0.2) is 23.4 Å². The number of aromatic amines is 1. The molecule has 8 rings (SSSR count). The fourth-order valence-electron chi connectivity index (χ4n) is 8.62. The number of nitrogens with one attached hydrogen (secondary N) is 2. The van der Waals surface area contributed by atoms with Crippen LogP contribution < -0.4 is 10.1 Å². The first kappa shape index (κ1) is 26.2. The van der Waals surface area contributed by atoms with Crippen LogP contribution >= 0.6 is 0 Å². The Morgan fingerprint density at radius 1 is 1.21 bits per heavy atom. The molecule has 1 saturated carbocycles. The third-order valence-corrected chi connectivity index (χ3v) is 10.5. The lowest BCUT2D eigenvalue weighted by Crippen LogP contribution is -2.74. The second kappa shape index (κ2) is 9.30. The summed E-state index contributed by atoms with van der Waals surface area (Å²) in [6.07, 6.45) is 4.19. The number of ether oxygens (including phenoxy) is 2. The maximum absolute atomic E-state index is 13.0. The molecule has 220 valence electrons. The number of amides is 1. The first-order valence-corrected chi connectivity index (χ1v) is 15.3. The molecule has 2 aromatic carbocycles. The summed E-state index contributed by atoms with van der Waals surface area (Å²) < 4.78 is 12.1. The molecule has 3 aliphatic carbocycles. The fourth-order valence-corrected chi connectivity index (χ4v) is 8.62. The van der Waals surface area contributed by atoms with E-state index >= 15 is 0 Å². The Morgan fingerprint density at radius 3 is 2.88 bits per heavy atom. The normalized spacial score (nSPS) is 28.7. The van der Waals surface area contributed by atoms with Gasteiger partial charge in [0.05, 0.1) is 16.7 Å². The molecule has 4 N–H and O–H groups in total. The van der Waals surface area contributed by atoms with Crippen LogP contribution in [-0.4, -0.2) is 76.3 Å². The number of likely N-dealkylation sites (N-methyl/N-ethyl adjacent to an activating group) is 1. The van der Waals surface area contributed by atoms with Crippen molar-refractivity contribution in [1.29, 1.82) is 0 Å². The molecule has 1 spiro atoms. The molecule has 2 fully saturated rings. The monoisotopic (exact) mass is 571 g/mol. The van der Waals surface area contributed by atoms with Crippen molar-refractivity contribution in [2.24, 2.45) is 5.92 Å². The van der Waals surface area contributed by atoms with Crippen molar-refractivity contribution in [3.63, 3.8) is 0 Å². The number of ketones is 1. The number of phenols is 1. The van der Waals surface area contributed by atoms with Crippen LogP contribution in [-0.2, 0) is 39.0 Å². The number of benzene rings is 2. The largest absolute Gasteiger partial charge is 0.504 e. The van der Waals surface area contributed by atoms with Crippen molar-refractivity contribution in [1.82, 2.24) is 15.2 Å². The molecule has 1 saturated heterocycles. The quantitative estimate of drug-likeness (QED) is 0.311. The van der Waals surface area contributed by atoms with Gasteiger partial charge in [-0.25, -0.2) is 0 Å². The molecular weight excluding hydrogens is 534 g/mol. The van der Waals surface area contributed by atoms with E-state index in [0.717, 1.165) is 59.2 Å².